The lowest BCUT2D eigenvalue weighted by atomic mass is 10.1. The zero-order valence-corrected chi connectivity index (χ0v) is 12.0. The highest BCUT2D eigenvalue weighted by atomic mass is 31.2. The molecule has 0 spiro atoms. The maximum absolute atomic E-state index is 10.6. The highest BCUT2D eigenvalue weighted by molar-refractivity contribution is 7.51. The Morgan fingerprint density at radius 2 is 1.71 bits per heavy atom. The number of unbranched alkanes of at least 4 members (excludes halogenated alkanes) is 2. The summed E-state index contributed by atoms with van der Waals surface area (Å²) in [6.45, 7) is 6.31. The van der Waals surface area contributed by atoms with Crippen molar-refractivity contribution in [2.24, 2.45) is 0 Å². The van der Waals surface area contributed by atoms with E-state index >= 15 is 0 Å². The van der Waals surface area contributed by atoms with E-state index in [9.17, 15) is 4.57 Å². The van der Waals surface area contributed by atoms with Crippen molar-refractivity contribution < 1.29 is 14.4 Å². The molecule has 0 unspecified atom stereocenters. The van der Waals surface area contributed by atoms with Gasteiger partial charge in [0.25, 0.3) is 0 Å². The van der Waals surface area contributed by atoms with Crippen LogP contribution >= 0.6 is 7.60 Å². The van der Waals surface area contributed by atoms with Crippen LogP contribution in [0.4, 0.5) is 0 Å². The van der Waals surface area contributed by atoms with Gasteiger partial charge in [-0.3, -0.25) is 4.57 Å². The first-order valence-corrected chi connectivity index (χ1v) is 7.94. The second-order valence-electron chi connectivity index (χ2n) is 4.75. The molecule has 0 atom stereocenters. The molecule has 100 valence electrons. The lowest BCUT2D eigenvalue weighted by Gasteiger charge is -2.02. The summed E-state index contributed by atoms with van der Waals surface area (Å²) >= 11 is 0. The van der Waals surface area contributed by atoms with Crippen molar-refractivity contribution in [1.29, 1.82) is 0 Å². The molecule has 0 rings (SSSR count). The van der Waals surface area contributed by atoms with E-state index in [4.69, 9.17) is 9.79 Å². The normalized spacial score (nSPS) is 12.6. The molecule has 0 aromatic rings. The third kappa shape index (κ3) is 13.6. The summed E-state index contributed by atoms with van der Waals surface area (Å²) in [6, 6.07) is 0. The molecule has 0 aromatic carbocycles. The van der Waals surface area contributed by atoms with Crippen LogP contribution in [0.1, 0.15) is 52.9 Å². The smallest absolute Gasteiger partial charge is 0.324 e. The molecule has 0 bridgehead atoms. The summed E-state index contributed by atoms with van der Waals surface area (Å²) in [5.41, 5.74) is 2.71. The van der Waals surface area contributed by atoms with E-state index in [1.165, 1.54) is 11.1 Å². The Morgan fingerprint density at radius 1 is 1.06 bits per heavy atom. The van der Waals surface area contributed by atoms with Gasteiger partial charge in [0.2, 0.25) is 0 Å². The minimum atomic E-state index is -3.79. The standard InChI is InChI=1S/C13H25O3P/c1-12(2)8-7-10-13(3)9-5-4-6-11-17(14,15)16/h8-9H,4-7,10-11H2,1-3H3,(H2,14,15,16)/b13-9+. The average molecular weight is 260 g/mol. The maximum atomic E-state index is 10.6. The molecular weight excluding hydrogens is 235 g/mol. The third-order valence-corrected chi connectivity index (χ3v) is 3.39. The van der Waals surface area contributed by atoms with Crippen molar-refractivity contribution in [2.45, 2.75) is 52.9 Å². The van der Waals surface area contributed by atoms with E-state index in [0.29, 0.717) is 6.42 Å². The lowest BCUT2D eigenvalue weighted by Crippen LogP contribution is -1.87. The van der Waals surface area contributed by atoms with E-state index in [1.807, 2.05) is 0 Å². The first kappa shape index (κ1) is 16.6. The van der Waals surface area contributed by atoms with Gasteiger partial charge >= 0.3 is 7.60 Å². The summed E-state index contributed by atoms with van der Waals surface area (Å²) in [6.07, 6.45) is 8.94. The second-order valence-corrected chi connectivity index (χ2v) is 6.53. The molecule has 17 heavy (non-hydrogen) atoms. The molecule has 0 radical (unpaired) electrons. The summed E-state index contributed by atoms with van der Waals surface area (Å²) in [7, 11) is -3.79. The van der Waals surface area contributed by atoms with Crippen LogP contribution in [0.15, 0.2) is 23.3 Å². The van der Waals surface area contributed by atoms with Crippen molar-refractivity contribution >= 4 is 7.60 Å². The van der Waals surface area contributed by atoms with E-state index in [1.54, 1.807) is 0 Å². The molecule has 2 N–H and O–H groups in total. The summed E-state index contributed by atoms with van der Waals surface area (Å²) < 4.78 is 10.6. The van der Waals surface area contributed by atoms with Crippen LogP contribution in [-0.2, 0) is 4.57 Å². The van der Waals surface area contributed by atoms with Crippen LogP contribution in [0.3, 0.4) is 0 Å². The minimum Gasteiger partial charge on any atom is -0.324 e. The van der Waals surface area contributed by atoms with Crippen LogP contribution < -0.4 is 0 Å². The number of rotatable bonds is 8. The van der Waals surface area contributed by atoms with E-state index in [0.717, 1.165) is 25.7 Å². The molecule has 0 heterocycles. The SMILES string of the molecule is CC(C)=CCC/C(C)=C/CCCCP(=O)(O)O. The molecule has 0 aliphatic heterocycles. The molecule has 0 fully saturated rings. The van der Waals surface area contributed by atoms with E-state index in [-0.39, 0.29) is 6.16 Å². The molecule has 0 saturated carbocycles. The van der Waals surface area contributed by atoms with E-state index < -0.39 is 7.60 Å². The van der Waals surface area contributed by atoms with Crippen LogP contribution in [-0.4, -0.2) is 15.9 Å². The van der Waals surface area contributed by atoms with Gasteiger partial charge in [0, 0.05) is 6.16 Å². The molecule has 0 aliphatic carbocycles. The van der Waals surface area contributed by atoms with Gasteiger partial charge in [-0.1, -0.05) is 23.3 Å². The van der Waals surface area contributed by atoms with Crippen LogP contribution in [0, 0.1) is 0 Å². The Bertz CT molecular complexity index is 309. The first-order chi connectivity index (χ1) is 7.81. The van der Waals surface area contributed by atoms with Gasteiger partial charge in [0.1, 0.15) is 0 Å². The number of hydrogen-bond acceptors (Lipinski definition) is 1. The van der Waals surface area contributed by atoms with Crippen LogP contribution in [0.25, 0.3) is 0 Å². The third-order valence-electron chi connectivity index (χ3n) is 2.49. The van der Waals surface area contributed by atoms with E-state index in [2.05, 4.69) is 32.9 Å². The van der Waals surface area contributed by atoms with Gasteiger partial charge in [-0.2, -0.15) is 0 Å². The quantitative estimate of drug-likeness (QED) is 0.393. The topological polar surface area (TPSA) is 57.5 Å². The molecule has 0 aliphatic rings. The van der Waals surface area contributed by atoms with Gasteiger partial charge in [-0.25, -0.2) is 0 Å². The Balaban J connectivity index is 3.64. The molecule has 0 saturated heterocycles. The second kappa shape index (κ2) is 8.68. The van der Waals surface area contributed by atoms with Gasteiger partial charge in [-0.15, -0.1) is 0 Å². The summed E-state index contributed by atoms with van der Waals surface area (Å²) in [5, 5.41) is 0. The zero-order chi connectivity index (χ0) is 13.3. The molecule has 0 amide bonds. The minimum absolute atomic E-state index is 0.0116. The predicted octanol–water partition coefficient (Wildman–Crippen LogP) is 4.03. The van der Waals surface area contributed by atoms with Gasteiger partial charge in [-0.05, 0) is 52.9 Å². The fourth-order valence-electron chi connectivity index (χ4n) is 1.50. The Kier molecular flexibility index (Phi) is 8.49. The van der Waals surface area contributed by atoms with Crippen molar-refractivity contribution in [2.75, 3.05) is 6.16 Å². The van der Waals surface area contributed by atoms with Gasteiger partial charge in [0.05, 0.1) is 0 Å². The molecule has 0 aromatic heterocycles. The van der Waals surface area contributed by atoms with Crippen molar-refractivity contribution in [3.05, 3.63) is 23.3 Å². The van der Waals surface area contributed by atoms with Crippen molar-refractivity contribution in [1.82, 2.24) is 0 Å². The van der Waals surface area contributed by atoms with Crippen molar-refractivity contribution in [3.8, 4) is 0 Å². The Morgan fingerprint density at radius 3 is 2.24 bits per heavy atom. The highest BCUT2D eigenvalue weighted by Gasteiger charge is 2.10. The number of hydrogen-bond donors (Lipinski definition) is 2. The van der Waals surface area contributed by atoms with Crippen LogP contribution in [0.2, 0.25) is 0 Å². The summed E-state index contributed by atoms with van der Waals surface area (Å²) in [4.78, 5) is 17.4. The fourth-order valence-corrected chi connectivity index (χ4v) is 2.14. The average Bonchev–Trinajstić information content (AvgIpc) is 2.14. The first-order valence-electron chi connectivity index (χ1n) is 6.15. The van der Waals surface area contributed by atoms with Gasteiger partial charge in [0.15, 0.2) is 0 Å². The highest BCUT2D eigenvalue weighted by Crippen LogP contribution is 2.35. The summed E-state index contributed by atoms with van der Waals surface area (Å²) in [5.74, 6) is 0. The molecular formula is C13H25O3P. The van der Waals surface area contributed by atoms with Crippen molar-refractivity contribution in [3.63, 3.8) is 0 Å². The fraction of sp³-hybridized carbons (Fsp3) is 0.692. The van der Waals surface area contributed by atoms with Crippen LogP contribution in [0.5, 0.6) is 0 Å². The Hall–Kier alpha value is -0.370. The maximum Gasteiger partial charge on any atom is 0.325 e. The largest absolute Gasteiger partial charge is 0.325 e. The zero-order valence-electron chi connectivity index (χ0n) is 11.1. The number of allylic oxidation sites excluding steroid dienone is 4. The monoisotopic (exact) mass is 260 g/mol. The lowest BCUT2D eigenvalue weighted by molar-refractivity contribution is 0.371. The molecule has 3 nitrogen and oxygen atoms in total. The molecule has 4 heteroatoms. The predicted molar refractivity (Wildman–Crippen MR) is 73.2 cm³/mol. The Labute approximate surface area is 105 Å². The van der Waals surface area contributed by atoms with Gasteiger partial charge < -0.3 is 9.79 Å².